The van der Waals surface area contributed by atoms with Gasteiger partial charge in [0.25, 0.3) is 0 Å². The van der Waals surface area contributed by atoms with Crippen molar-refractivity contribution in [3.8, 4) is 0 Å². The topological polar surface area (TPSA) is 45.4 Å². The molecule has 3 heteroatoms. The summed E-state index contributed by atoms with van der Waals surface area (Å²) in [5, 5.41) is 13.8. The minimum Gasteiger partial charge on any atom is -0.464 e. The van der Waals surface area contributed by atoms with E-state index in [9.17, 15) is 0 Å². The second-order valence-electron chi connectivity index (χ2n) is 5.00. The van der Waals surface area contributed by atoms with Gasteiger partial charge < -0.3 is 14.8 Å². The number of hydrogen-bond donors (Lipinski definition) is 2. The molecular formula is C15H21NO2. The minimum absolute atomic E-state index is 0.0207. The number of rotatable bonds is 6. The fourth-order valence-electron chi connectivity index (χ4n) is 2.12. The van der Waals surface area contributed by atoms with Crippen LogP contribution in [0, 0.1) is 0 Å². The standard InChI is InChI=1S/C15H21NO2/c1-3-15(2,8-9-17)16-10-12-11-18-14-7-5-4-6-13(12)14/h4-7,11,16-17H,3,8-10H2,1-2H3. The summed E-state index contributed by atoms with van der Waals surface area (Å²) in [5.74, 6) is 0. The average Bonchev–Trinajstić information content (AvgIpc) is 2.80. The van der Waals surface area contributed by atoms with Crippen molar-refractivity contribution in [3.63, 3.8) is 0 Å². The van der Waals surface area contributed by atoms with Gasteiger partial charge in [-0.3, -0.25) is 0 Å². The quantitative estimate of drug-likeness (QED) is 0.824. The highest BCUT2D eigenvalue weighted by molar-refractivity contribution is 5.80. The van der Waals surface area contributed by atoms with Gasteiger partial charge in [-0.2, -0.15) is 0 Å². The molecule has 0 radical (unpaired) electrons. The smallest absolute Gasteiger partial charge is 0.134 e. The molecule has 0 aliphatic heterocycles. The molecule has 0 saturated heterocycles. The Morgan fingerprint density at radius 1 is 1.33 bits per heavy atom. The minimum atomic E-state index is -0.0207. The summed E-state index contributed by atoms with van der Waals surface area (Å²) >= 11 is 0. The molecule has 1 aromatic carbocycles. The van der Waals surface area contributed by atoms with Gasteiger partial charge in [-0.15, -0.1) is 0 Å². The number of aliphatic hydroxyl groups is 1. The Kier molecular flexibility index (Phi) is 4.04. The Morgan fingerprint density at radius 3 is 2.83 bits per heavy atom. The van der Waals surface area contributed by atoms with Crippen molar-refractivity contribution < 1.29 is 9.52 Å². The molecule has 0 bridgehead atoms. The summed E-state index contributed by atoms with van der Waals surface area (Å²) in [6.07, 6.45) is 3.56. The Labute approximate surface area is 108 Å². The fraction of sp³-hybridized carbons (Fsp3) is 0.467. The van der Waals surface area contributed by atoms with E-state index in [1.54, 1.807) is 0 Å². The first kappa shape index (κ1) is 13.1. The third kappa shape index (κ3) is 2.74. The lowest BCUT2D eigenvalue weighted by atomic mass is 9.94. The molecule has 0 spiro atoms. The van der Waals surface area contributed by atoms with Gasteiger partial charge in [-0.05, 0) is 25.8 Å². The SMILES string of the molecule is CCC(C)(CCO)NCc1coc2ccccc12. The van der Waals surface area contributed by atoms with Crippen LogP contribution in [0.2, 0.25) is 0 Å². The third-order valence-corrected chi connectivity index (χ3v) is 3.71. The first-order valence-corrected chi connectivity index (χ1v) is 6.49. The lowest BCUT2D eigenvalue weighted by Crippen LogP contribution is -2.41. The van der Waals surface area contributed by atoms with Crippen molar-refractivity contribution in [3.05, 3.63) is 36.1 Å². The Bertz CT molecular complexity index is 506. The van der Waals surface area contributed by atoms with Crippen molar-refractivity contribution >= 4 is 11.0 Å². The van der Waals surface area contributed by atoms with Crippen molar-refractivity contribution in [1.82, 2.24) is 5.32 Å². The normalized spacial score (nSPS) is 14.8. The molecule has 0 aliphatic rings. The monoisotopic (exact) mass is 247 g/mol. The van der Waals surface area contributed by atoms with E-state index in [4.69, 9.17) is 9.52 Å². The maximum absolute atomic E-state index is 9.10. The van der Waals surface area contributed by atoms with Gasteiger partial charge >= 0.3 is 0 Å². The Balaban J connectivity index is 2.10. The highest BCUT2D eigenvalue weighted by atomic mass is 16.3. The predicted octanol–water partition coefficient (Wildman–Crippen LogP) is 3.07. The van der Waals surface area contributed by atoms with Crippen molar-refractivity contribution in [2.45, 2.75) is 38.8 Å². The van der Waals surface area contributed by atoms with Crippen LogP contribution in [-0.2, 0) is 6.54 Å². The third-order valence-electron chi connectivity index (χ3n) is 3.71. The maximum Gasteiger partial charge on any atom is 0.134 e. The molecule has 3 nitrogen and oxygen atoms in total. The van der Waals surface area contributed by atoms with Crippen LogP contribution in [-0.4, -0.2) is 17.3 Å². The Hall–Kier alpha value is -1.32. The lowest BCUT2D eigenvalue weighted by Gasteiger charge is -2.29. The van der Waals surface area contributed by atoms with Crippen LogP contribution >= 0.6 is 0 Å². The first-order valence-electron chi connectivity index (χ1n) is 6.49. The zero-order valence-corrected chi connectivity index (χ0v) is 11.1. The first-order chi connectivity index (χ1) is 8.68. The molecule has 98 valence electrons. The number of nitrogens with one attached hydrogen (secondary N) is 1. The number of benzene rings is 1. The summed E-state index contributed by atoms with van der Waals surface area (Å²) in [6.45, 7) is 5.26. The highest BCUT2D eigenvalue weighted by Crippen LogP contribution is 2.22. The van der Waals surface area contributed by atoms with Gasteiger partial charge in [0.2, 0.25) is 0 Å². The number of furan rings is 1. The Morgan fingerprint density at radius 2 is 2.11 bits per heavy atom. The molecule has 0 aliphatic carbocycles. The number of aliphatic hydroxyl groups excluding tert-OH is 1. The number of para-hydroxylation sites is 1. The van der Waals surface area contributed by atoms with E-state index < -0.39 is 0 Å². The molecule has 0 saturated carbocycles. The fourth-order valence-corrected chi connectivity index (χ4v) is 2.12. The molecule has 1 unspecified atom stereocenters. The van der Waals surface area contributed by atoms with Gasteiger partial charge in [-0.25, -0.2) is 0 Å². The van der Waals surface area contributed by atoms with Crippen LogP contribution in [0.3, 0.4) is 0 Å². The summed E-state index contributed by atoms with van der Waals surface area (Å²) in [4.78, 5) is 0. The van der Waals surface area contributed by atoms with Crippen LogP contribution in [0.4, 0.5) is 0 Å². The molecule has 2 rings (SSSR count). The van der Waals surface area contributed by atoms with Crippen molar-refractivity contribution in [2.24, 2.45) is 0 Å². The van der Waals surface area contributed by atoms with Crippen molar-refractivity contribution in [1.29, 1.82) is 0 Å². The summed E-state index contributed by atoms with van der Waals surface area (Å²) in [7, 11) is 0. The average molecular weight is 247 g/mol. The van der Waals surface area contributed by atoms with Gasteiger partial charge in [0.1, 0.15) is 5.58 Å². The molecule has 1 heterocycles. The second-order valence-corrected chi connectivity index (χ2v) is 5.00. The van der Waals surface area contributed by atoms with E-state index in [1.807, 2.05) is 24.5 Å². The molecule has 2 aromatic rings. The maximum atomic E-state index is 9.10. The van der Waals surface area contributed by atoms with E-state index in [-0.39, 0.29) is 12.1 Å². The van der Waals surface area contributed by atoms with Gasteiger partial charge in [0, 0.05) is 29.6 Å². The molecule has 1 atom stereocenters. The largest absolute Gasteiger partial charge is 0.464 e. The van der Waals surface area contributed by atoms with Crippen LogP contribution in [0.5, 0.6) is 0 Å². The van der Waals surface area contributed by atoms with Crippen LogP contribution < -0.4 is 5.32 Å². The zero-order valence-electron chi connectivity index (χ0n) is 11.1. The molecule has 2 N–H and O–H groups in total. The summed E-state index contributed by atoms with van der Waals surface area (Å²) < 4.78 is 5.52. The van der Waals surface area contributed by atoms with Crippen LogP contribution in [0.25, 0.3) is 11.0 Å². The van der Waals surface area contributed by atoms with E-state index in [0.717, 1.165) is 30.4 Å². The van der Waals surface area contributed by atoms with E-state index in [0.29, 0.717) is 0 Å². The van der Waals surface area contributed by atoms with Gasteiger partial charge in [0.15, 0.2) is 0 Å². The van der Waals surface area contributed by atoms with Crippen molar-refractivity contribution in [2.75, 3.05) is 6.61 Å². The zero-order chi connectivity index (χ0) is 13.0. The van der Waals surface area contributed by atoms with Crippen LogP contribution in [0.1, 0.15) is 32.3 Å². The highest BCUT2D eigenvalue weighted by Gasteiger charge is 2.20. The lowest BCUT2D eigenvalue weighted by molar-refractivity contribution is 0.214. The number of hydrogen-bond acceptors (Lipinski definition) is 3. The second kappa shape index (κ2) is 5.55. The molecule has 1 aromatic heterocycles. The molecule has 0 fully saturated rings. The van der Waals surface area contributed by atoms with Gasteiger partial charge in [0.05, 0.1) is 6.26 Å². The van der Waals surface area contributed by atoms with Gasteiger partial charge in [-0.1, -0.05) is 25.1 Å². The summed E-state index contributed by atoms with van der Waals surface area (Å²) in [6, 6.07) is 8.05. The van der Waals surface area contributed by atoms with Crippen LogP contribution in [0.15, 0.2) is 34.9 Å². The van der Waals surface area contributed by atoms with E-state index in [1.165, 1.54) is 5.56 Å². The molecular weight excluding hydrogens is 226 g/mol. The molecule has 0 amide bonds. The molecule has 18 heavy (non-hydrogen) atoms. The number of fused-ring (bicyclic) bond motifs is 1. The van der Waals surface area contributed by atoms with E-state index in [2.05, 4.69) is 25.2 Å². The van der Waals surface area contributed by atoms with E-state index >= 15 is 0 Å². The summed E-state index contributed by atoms with van der Waals surface area (Å²) in [5.41, 5.74) is 2.07. The predicted molar refractivity (Wildman–Crippen MR) is 73.5 cm³/mol.